The predicted octanol–water partition coefficient (Wildman–Crippen LogP) is 0.338. The number of nitro benzene ring substituents is 1. The number of phenols is 1. The number of carbonyl (C=O) groups excluding carboxylic acids is 1. The molecule has 0 aliphatic carbocycles. The molecule has 0 saturated heterocycles. The molecule has 0 saturated carbocycles. The van der Waals surface area contributed by atoms with E-state index in [4.69, 9.17) is 5.73 Å². The number of likely N-dealkylation sites (N-methyl/N-ethyl adjacent to an activating group) is 1. The van der Waals surface area contributed by atoms with E-state index in [-0.39, 0.29) is 24.7 Å². The smallest absolute Gasteiger partial charge is 0.310 e. The lowest BCUT2D eigenvalue weighted by atomic mass is 10.1. The molecule has 0 aliphatic heterocycles. The third kappa shape index (κ3) is 3.86. The van der Waals surface area contributed by atoms with Crippen molar-refractivity contribution in [3.8, 4) is 5.75 Å². The number of hydrogen-bond donors (Lipinski definition) is 3. The van der Waals surface area contributed by atoms with Crippen LogP contribution in [0.5, 0.6) is 5.75 Å². The standard InChI is InChI=1S/C10H13N3O4.ClH/c1-12-10(15)7(11)4-6-2-3-9(14)8(5-6)13(16)17;/h2-3,5,7,14H,4,11H2,1H3,(H,12,15);1H/t7-;/m0./s1. The van der Waals surface area contributed by atoms with Gasteiger partial charge in [0.05, 0.1) is 11.0 Å². The minimum Gasteiger partial charge on any atom is -0.502 e. The number of hydrogen-bond acceptors (Lipinski definition) is 5. The molecule has 0 heterocycles. The van der Waals surface area contributed by atoms with Gasteiger partial charge in [-0.3, -0.25) is 14.9 Å². The molecule has 0 unspecified atom stereocenters. The van der Waals surface area contributed by atoms with E-state index in [0.29, 0.717) is 5.56 Å². The van der Waals surface area contributed by atoms with E-state index in [9.17, 15) is 20.0 Å². The van der Waals surface area contributed by atoms with Gasteiger partial charge in [0.2, 0.25) is 5.91 Å². The van der Waals surface area contributed by atoms with Gasteiger partial charge in [0.15, 0.2) is 5.75 Å². The van der Waals surface area contributed by atoms with E-state index in [1.54, 1.807) is 0 Å². The van der Waals surface area contributed by atoms with Crippen LogP contribution in [0.3, 0.4) is 0 Å². The maximum atomic E-state index is 11.2. The highest BCUT2D eigenvalue weighted by Crippen LogP contribution is 2.26. The summed E-state index contributed by atoms with van der Waals surface area (Å²) in [5, 5.41) is 22.2. The Morgan fingerprint density at radius 2 is 2.22 bits per heavy atom. The minimum atomic E-state index is -0.774. The quantitative estimate of drug-likeness (QED) is 0.541. The summed E-state index contributed by atoms with van der Waals surface area (Å²) in [6.07, 6.45) is 0.167. The van der Waals surface area contributed by atoms with Gasteiger partial charge in [-0.25, -0.2) is 0 Å². The molecule has 4 N–H and O–H groups in total. The first-order valence-electron chi connectivity index (χ1n) is 4.89. The number of nitrogens with one attached hydrogen (secondary N) is 1. The number of nitro groups is 1. The van der Waals surface area contributed by atoms with Gasteiger partial charge in [-0.2, -0.15) is 0 Å². The third-order valence-electron chi connectivity index (χ3n) is 2.28. The number of phenolic OH excluding ortho intramolecular Hbond substituents is 1. The monoisotopic (exact) mass is 275 g/mol. The van der Waals surface area contributed by atoms with Crippen molar-refractivity contribution in [2.24, 2.45) is 5.73 Å². The van der Waals surface area contributed by atoms with Crippen LogP contribution in [-0.2, 0) is 11.2 Å². The van der Waals surface area contributed by atoms with Crippen molar-refractivity contribution in [3.05, 3.63) is 33.9 Å². The average Bonchev–Trinajstić information content (AvgIpc) is 2.30. The second-order valence-corrected chi connectivity index (χ2v) is 3.51. The fraction of sp³-hybridized carbons (Fsp3) is 0.300. The van der Waals surface area contributed by atoms with E-state index in [1.165, 1.54) is 25.2 Å². The van der Waals surface area contributed by atoms with Gasteiger partial charge in [-0.15, -0.1) is 12.4 Å². The maximum absolute atomic E-state index is 11.2. The summed E-state index contributed by atoms with van der Waals surface area (Å²) in [5.41, 5.74) is 5.70. The average molecular weight is 276 g/mol. The van der Waals surface area contributed by atoms with Gasteiger partial charge < -0.3 is 16.2 Å². The van der Waals surface area contributed by atoms with Gasteiger partial charge >= 0.3 is 5.69 Å². The highest BCUT2D eigenvalue weighted by atomic mass is 35.5. The first-order valence-corrected chi connectivity index (χ1v) is 4.89. The molecule has 100 valence electrons. The summed E-state index contributed by atoms with van der Waals surface area (Å²) in [4.78, 5) is 21.1. The molecular formula is C10H14ClN3O4. The first kappa shape index (κ1) is 16.1. The molecule has 0 spiro atoms. The zero-order valence-corrected chi connectivity index (χ0v) is 10.4. The summed E-state index contributed by atoms with van der Waals surface area (Å²) < 4.78 is 0. The molecule has 1 atom stereocenters. The normalized spacial score (nSPS) is 11.2. The first-order chi connectivity index (χ1) is 7.95. The van der Waals surface area contributed by atoms with Crippen LogP contribution >= 0.6 is 12.4 Å². The fourth-order valence-corrected chi connectivity index (χ4v) is 1.37. The predicted molar refractivity (Wildman–Crippen MR) is 67.8 cm³/mol. The molecule has 0 aromatic heterocycles. The summed E-state index contributed by atoms with van der Waals surface area (Å²) in [7, 11) is 1.46. The SMILES string of the molecule is CNC(=O)[C@@H](N)Cc1ccc(O)c([N+](=O)[O-])c1.Cl. The molecular weight excluding hydrogens is 262 g/mol. The molecule has 0 aliphatic rings. The second-order valence-electron chi connectivity index (χ2n) is 3.51. The van der Waals surface area contributed by atoms with Gasteiger partial charge in [-0.05, 0) is 18.1 Å². The van der Waals surface area contributed by atoms with Crippen molar-refractivity contribution in [2.75, 3.05) is 7.05 Å². The van der Waals surface area contributed by atoms with E-state index >= 15 is 0 Å². The van der Waals surface area contributed by atoms with Crippen LogP contribution < -0.4 is 11.1 Å². The van der Waals surface area contributed by atoms with Crippen LogP contribution in [0.4, 0.5) is 5.69 Å². The molecule has 1 rings (SSSR count). The lowest BCUT2D eigenvalue weighted by molar-refractivity contribution is -0.385. The van der Waals surface area contributed by atoms with Crippen LogP contribution in [-0.4, -0.2) is 29.0 Å². The Bertz CT molecular complexity index is 453. The van der Waals surface area contributed by atoms with Crippen molar-refractivity contribution in [3.63, 3.8) is 0 Å². The number of benzene rings is 1. The van der Waals surface area contributed by atoms with Crippen LogP contribution in [0.2, 0.25) is 0 Å². The van der Waals surface area contributed by atoms with E-state index < -0.39 is 22.4 Å². The lowest BCUT2D eigenvalue weighted by Crippen LogP contribution is -2.40. The highest BCUT2D eigenvalue weighted by molar-refractivity contribution is 5.85. The van der Waals surface area contributed by atoms with Crippen LogP contribution in [0.25, 0.3) is 0 Å². The van der Waals surface area contributed by atoms with Gasteiger partial charge in [0.25, 0.3) is 0 Å². The highest BCUT2D eigenvalue weighted by Gasteiger charge is 2.17. The van der Waals surface area contributed by atoms with Gasteiger partial charge in [0, 0.05) is 13.1 Å². The number of rotatable bonds is 4. The van der Waals surface area contributed by atoms with Crippen LogP contribution in [0.1, 0.15) is 5.56 Å². The molecule has 0 fully saturated rings. The Morgan fingerprint density at radius 1 is 1.61 bits per heavy atom. The van der Waals surface area contributed by atoms with Crippen LogP contribution in [0, 0.1) is 10.1 Å². The summed E-state index contributed by atoms with van der Waals surface area (Å²) >= 11 is 0. The number of aromatic hydroxyl groups is 1. The van der Waals surface area contributed by atoms with Crippen molar-refractivity contribution < 1.29 is 14.8 Å². The van der Waals surface area contributed by atoms with E-state index in [2.05, 4.69) is 5.32 Å². The molecule has 1 aromatic carbocycles. The van der Waals surface area contributed by atoms with Gasteiger partial charge in [0.1, 0.15) is 0 Å². The van der Waals surface area contributed by atoms with Gasteiger partial charge in [-0.1, -0.05) is 6.07 Å². The molecule has 7 nitrogen and oxygen atoms in total. The Labute approximate surface area is 110 Å². The zero-order chi connectivity index (χ0) is 13.0. The molecule has 0 bridgehead atoms. The molecule has 18 heavy (non-hydrogen) atoms. The number of nitrogens with zero attached hydrogens (tertiary/aromatic N) is 1. The van der Waals surface area contributed by atoms with Crippen LogP contribution in [0.15, 0.2) is 18.2 Å². The Balaban J connectivity index is 0.00000289. The largest absolute Gasteiger partial charge is 0.502 e. The van der Waals surface area contributed by atoms with Crippen molar-refractivity contribution in [1.29, 1.82) is 0 Å². The van der Waals surface area contributed by atoms with Crippen molar-refractivity contribution in [2.45, 2.75) is 12.5 Å². The summed E-state index contributed by atoms with van der Waals surface area (Å²) in [6, 6.07) is 3.14. The van der Waals surface area contributed by atoms with E-state index in [0.717, 1.165) is 0 Å². The molecule has 0 radical (unpaired) electrons. The molecule has 1 amide bonds. The topological polar surface area (TPSA) is 118 Å². The summed E-state index contributed by atoms with van der Waals surface area (Å²) in [6.45, 7) is 0. The number of nitrogens with two attached hydrogens (primary N) is 1. The molecule has 1 aromatic rings. The maximum Gasteiger partial charge on any atom is 0.310 e. The number of carbonyl (C=O) groups is 1. The second kappa shape index (κ2) is 6.77. The third-order valence-corrected chi connectivity index (χ3v) is 2.28. The number of amides is 1. The Kier molecular flexibility index (Phi) is 6.07. The zero-order valence-electron chi connectivity index (χ0n) is 9.62. The number of halogens is 1. The Morgan fingerprint density at radius 3 is 2.72 bits per heavy atom. The lowest BCUT2D eigenvalue weighted by Gasteiger charge is -2.09. The minimum absolute atomic E-state index is 0. The summed E-state index contributed by atoms with van der Waals surface area (Å²) in [5.74, 6) is -0.756. The van der Waals surface area contributed by atoms with Crippen molar-refractivity contribution >= 4 is 24.0 Å². The Hall–Kier alpha value is -1.86. The van der Waals surface area contributed by atoms with E-state index in [1.807, 2.05) is 0 Å². The molecule has 8 heteroatoms. The van der Waals surface area contributed by atoms with Crippen molar-refractivity contribution in [1.82, 2.24) is 5.32 Å². The fourth-order valence-electron chi connectivity index (χ4n) is 1.37.